The number of aliphatic hydroxyl groups is 2. The Morgan fingerprint density at radius 2 is 1.64 bits per heavy atom. The van der Waals surface area contributed by atoms with E-state index in [0.29, 0.717) is 51.3 Å². The van der Waals surface area contributed by atoms with Crippen LogP contribution in [0.15, 0.2) is 82.6 Å². The van der Waals surface area contributed by atoms with E-state index in [2.05, 4.69) is 5.32 Å². The van der Waals surface area contributed by atoms with Crippen LogP contribution in [0.5, 0.6) is 5.75 Å². The van der Waals surface area contributed by atoms with Crippen molar-refractivity contribution in [2.24, 2.45) is 5.73 Å². The predicted octanol–water partition coefficient (Wildman–Crippen LogP) is 1.92. The molecule has 0 aliphatic carbocycles. The zero-order valence-corrected chi connectivity index (χ0v) is 26.7. The molecule has 5 N–H and O–H groups in total. The monoisotopic (exact) mass is 659 g/mol. The van der Waals surface area contributed by atoms with Crippen LogP contribution in [0.4, 0.5) is 0 Å². The molecule has 2 fully saturated rings. The van der Waals surface area contributed by atoms with Gasteiger partial charge < -0.3 is 30.7 Å². The topological polar surface area (TPSA) is 168 Å². The number of hydrogen-bond acceptors (Lipinski definition) is 10. The third-order valence-corrected chi connectivity index (χ3v) is 12.1. The van der Waals surface area contributed by atoms with E-state index < -0.39 is 38.2 Å². The average Bonchev–Trinajstić information content (AvgIpc) is 3.45. The maximum atomic E-state index is 13.4. The quantitative estimate of drug-likeness (QED) is 0.213. The van der Waals surface area contributed by atoms with Gasteiger partial charge in [0, 0.05) is 32.2 Å². The van der Waals surface area contributed by atoms with Gasteiger partial charge in [0.15, 0.2) is 9.84 Å². The van der Waals surface area contributed by atoms with Crippen LogP contribution in [0.3, 0.4) is 0 Å². The third kappa shape index (κ3) is 8.10. The lowest BCUT2D eigenvalue weighted by molar-refractivity contribution is -0.0312. The van der Waals surface area contributed by atoms with Crippen LogP contribution in [-0.2, 0) is 31.1 Å². The van der Waals surface area contributed by atoms with Gasteiger partial charge in [-0.25, -0.2) is 16.8 Å². The van der Waals surface area contributed by atoms with Gasteiger partial charge in [0.05, 0.1) is 34.4 Å². The summed E-state index contributed by atoms with van der Waals surface area (Å²) in [5, 5.41) is 22.8. The Bertz CT molecular complexity index is 1640. The van der Waals surface area contributed by atoms with Crippen LogP contribution in [0.1, 0.15) is 24.8 Å². The number of piperidine rings is 1. The molecule has 3 aromatic carbocycles. The molecular weight excluding hydrogens is 618 g/mol. The molecule has 2 aliphatic heterocycles. The summed E-state index contributed by atoms with van der Waals surface area (Å²) in [4.78, 5) is 0.319. The standard InChI is InChI=1S/C32H41N3O8S2/c33-20-24-4-6-25(7-5-24)26-8-10-30(11-9-26)45(40,41)35-14-12-32(13-15-35)19-27(22-43-32)34-21-28(37)23-42-29-2-1-3-31(18-29)44(38,39)17-16-36/h1-11,18,27-28,34,36-37H,12-17,19-23,33H2. The van der Waals surface area contributed by atoms with Crippen molar-refractivity contribution < 1.29 is 36.5 Å². The summed E-state index contributed by atoms with van der Waals surface area (Å²) >= 11 is 0. The molecule has 2 atom stereocenters. The number of nitrogens with one attached hydrogen (secondary N) is 1. The maximum absolute atomic E-state index is 13.4. The molecule has 13 heteroatoms. The summed E-state index contributed by atoms with van der Waals surface area (Å²) < 4.78 is 64.5. The molecule has 0 saturated carbocycles. The molecule has 5 rings (SSSR count). The Morgan fingerprint density at radius 1 is 0.978 bits per heavy atom. The number of ether oxygens (including phenoxy) is 2. The minimum absolute atomic E-state index is 0.00113. The normalized spacial score (nSPS) is 19.5. The van der Waals surface area contributed by atoms with Gasteiger partial charge in [0.25, 0.3) is 0 Å². The lowest BCUT2D eigenvalue weighted by atomic mass is 9.88. The molecule has 0 radical (unpaired) electrons. The first kappa shape index (κ1) is 33.5. The molecule has 1 spiro atoms. The van der Waals surface area contributed by atoms with Crippen LogP contribution < -0.4 is 15.8 Å². The zero-order chi connectivity index (χ0) is 32.1. The first-order valence-electron chi connectivity index (χ1n) is 15.1. The Hall–Kier alpha value is -2.88. The van der Waals surface area contributed by atoms with Crippen LogP contribution in [-0.4, -0.2) is 94.3 Å². The summed E-state index contributed by atoms with van der Waals surface area (Å²) in [7, 11) is -7.25. The largest absolute Gasteiger partial charge is 0.491 e. The number of hydrogen-bond donors (Lipinski definition) is 4. The number of benzene rings is 3. The van der Waals surface area contributed by atoms with Gasteiger partial charge >= 0.3 is 0 Å². The minimum atomic E-state index is -3.64. The van der Waals surface area contributed by atoms with E-state index >= 15 is 0 Å². The van der Waals surface area contributed by atoms with Gasteiger partial charge in [-0.3, -0.25) is 0 Å². The van der Waals surface area contributed by atoms with Crippen molar-refractivity contribution in [3.8, 4) is 16.9 Å². The molecular formula is C32H41N3O8S2. The fourth-order valence-corrected chi connectivity index (χ4v) is 8.31. The highest BCUT2D eigenvalue weighted by molar-refractivity contribution is 7.91. The molecule has 2 heterocycles. The van der Waals surface area contributed by atoms with Crippen molar-refractivity contribution >= 4 is 19.9 Å². The summed E-state index contributed by atoms with van der Waals surface area (Å²) in [6.07, 6.45) is 1.02. The highest BCUT2D eigenvalue weighted by atomic mass is 32.2. The second-order valence-electron chi connectivity index (χ2n) is 11.6. The van der Waals surface area contributed by atoms with Crippen molar-refractivity contribution in [1.82, 2.24) is 9.62 Å². The SMILES string of the molecule is NCc1ccc(-c2ccc(S(=O)(=O)N3CCC4(CC3)CC(NCC(O)COc3cccc(S(=O)(=O)CCO)c3)CO4)cc2)cc1. The fourth-order valence-electron chi connectivity index (χ4n) is 5.81. The third-order valence-electron chi connectivity index (χ3n) is 8.47. The van der Waals surface area contributed by atoms with Crippen LogP contribution in [0, 0.1) is 0 Å². The fraction of sp³-hybridized carbons (Fsp3) is 0.438. The summed E-state index contributed by atoms with van der Waals surface area (Å²) in [5.74, 6) is -0.0616. The van der Waals surface area contributed by atoms with Crippen LogP contribution in [0.25, 0.3) is 11.1 Å². The summed E-state index contributed by atoms with van der Waals surface area (Å²) in [6, 6.07) is 20.8. The molecule has 2 unspecified atom stereocenters. The van der Waals surface area contributed by atoms with Crippen molar-refractivity contribution in [3.63, 3.8) is 0 Å². The molecule has 2 saturated heterocycles. The number of rotatable bonds is 13. The Labute approximate surface area is 264 Å². The number of sulfonamides is 1. The van der Waals surface area contributed by atoms with E-state index in [1.54, 1.807) is 24.3 Å². The van der Waals surface area contributed by atoms with Gasteiger partial charge in [-0.1, -0.05) is 42.5 Å². The van der Waals surface area contributed by atoms with Crippen molar-refractivity contribution in [1.29, 1.82) is 0 Å². The van der Waals surface area contributed by atoms with E-state index in [1.807, 2.05) is 36.4 Å². The highest BCUT2D eigenvalue weighted by Crippen LogP contribution is 2.37. The maximum Gasteiger partial charge on any atom is 0.243 e. The molecule has 11 nitrogen and oxygen atoms in total. The van der Waals surface area contributed by atoms with Crippen LogP contribution in [0.2, 0.25) is 0 Å². The Balaban J connectivity index is 1.08. The van der Waals surface area contributed by atoms with Gasteiger partial charge in [-0.2, -0.15) is 4.31 Å². The van der Waals surface area contributed by atoms with E-state index in [4.69, 9.17) is 20.3 Å². The van der Waals surface area contributed by atoms with E-state index in [-0.39, 0.29) is 34.7 Å². The van der Waals surface area contributed by atoms with E-state index in [9.17, 15) is 21.9 Å². The van der Waals surface area contributed by atoms with Crippen molar-refractivity contribution in [3.05, 3.63) is 78.4 Å². The van der Waals surface area contributed by atoms with Gasteiger partial charge in [-0.15, -0.1) is 0 Å². The molecule has 0 amide bonds. The van der Waals surface area contributed by atoms with Crippen LogP contribution >= 0.6 is 0 Å². The minimum Gasteiger partial charge on any atom is -0.491 e. The Kier molecular flexibility index (Phi) is 10.6. The van der Waals surface area contributed by atoms with Gasteiger partial charge in [0.2, 0.25) is 10.0 Å². The molecule has 0 aromatic heterocycles. The first-order valence-corrected chi connectivity index (χ1v) is 18.1. The van der Waals surface area contributed by atoms with Gasteiger partial charge in [0.1, 0.15) is 18.5 Å². The number of sulfone groups is 1. The smallest absolute Gasteiger partial charge is 0.243 e. The molecule has 2 aliphatic rings. The zero-order valence-electron chi connectivity index (χ0n) is 25.0. The van der Waals surface area contributed by atoms with E-state index in [1.165, 1.54) is 16.4 Å². The van der Waals surface area contributed by atoms with Crippen molar-refractivity contribution in [2.75, 3.05) is 45.2 Å². The first-order chi connectivity index (χ1) is 21.5. The lowest BCUT2D eigenvalue weighted by Gasteiger charge is -2.38. The molecule has 45 heavy (non-hydrogen) atoms. The lowest BCUT2D eigenvalue weighted by Crippen LogP contribution is -2.47. The molecule has 3 aromatic rings. The predicted molar refractivity (Wildman–Crippen MR) is 170 cm³/mol. The van der Waals surface area contributed by atoms with Gasteiger partial charge in [-0.05, 0) is 66.3 Å². The Morgan fingerprint density at radius 3 is 2.29 bits per heavy atom. The summed E-state index contributed by atoms with van der Waals surface area (Å²) in [6.45, 7) is 1.39. The number of nitrogens with two attached hydrogens (primary N) is 1. The second-order valence-corrected chi connectivity index (χ2v) is 15.7. The molecule has 244 valence electrons. The number of aliphatic hydroxyl groups excluding tert-OH is 2. The second kappa shape index (κ2) is 14.3. The number of nitrogens with zero attached hydrogens (tertiary/aromatic N) is 1. The van der Waals surface area contributed by atoms with Crippen molar-refractivity contribution in [2.45, 2.75) is 53.3 Å². The molecule has 0 bridgehead atoms. The average molecular weight is 660 g/mol. The summed E-state index contributed by atoms with van der Waals surface area (Å²) in [5.41, 5.74) is 8.23. The highest BCUT2D eigenvalue weighted by Gasteiger charge is 2.44. The van der Waals surface area contributed by atoms with E-state index in [0.717, 1.165) is 16.7 Å².